The minimum absolute atomic E-state index is 0.00285. The first-order valence-electron chi connectivity index (χ1n) is 9.98. The molecule has 0 aliphatic carbocycles. The van der Waals surface area contributed by atoms with Crippen molar-refractivity contribution in [3.63, 3.8) is 0 Å². The van der Waals surface area contributed by atoms with Crippen LogP contribution < -0.4 is 10.1 Å². The predicted molar refractivity (Wildman–Crippen MR) is 119 cm³/mol. The molecule has 0 bridgehead atoms. The van der Waals surface area contributed by atoms with E-state index in [1.807, 2.05) is 30.3 Å². The Morgan fingerprint density at radius 1 is 1.17 bits per heavy atom. The molecule has 0 unspecified atom stereocenters. The molecule has 1 fully saturated rings. The molecule has 1 N–H and O–H groups in total. The summed E-state index contributed by atoms with van der Waals surface area (Å²) in [5.41, 5.74) is 2.84. The predicted octanol–water partition coefficient (Wildman–Crippen LogP) is 3.85. The highest BCUT2D eigenvalue weighted by molar-refractivity contribution is 7.13. The Morgan fingerprint density at radius 2 is 2.03 bits per heavy atom. The standard InChI is InChI=1S/C24H24N2O3S/c1-29-20-8-4-7-18(15-20)24(28)26-12-11-25-23(27)19(16-26)14-17-6-2-3-9-21(17)22-10-5-13-30-22/h2-10,13,15,19H,11-12,14,16H2,1H3,(H,25,27)/t19-/m0/s1. The van der Waals surface area contributed by atoms with E-state index < -0.39 is 0 Å². The minimum Gasteiger partial charge on any atom is -0.497 e. The number of carbonyl (C=O) groups is 2. The summed E-state index contributed by atoms with van der Waals surface area (Å²) in [6.45, 7) is 1.34. The zero-order chi connectivity index (χ0) is 20.9. The third kappa shape index (κ3) is 4.39. The SMILES string of the molecule is COc1cccc(C(=O)N2CCNC(=O)[C@@H](Cc3ccccc3-c3cccs3)C2)c1. The minimum atomic E-state index is -0.303. The van der Waals surface area contributed by atoms with Gasteiger partial charge in [0.25, 0.3) is 5.91 Å². The van der Waals surface area contributed by atoms with E-state index in [1.54, 1.807) is 35.5 Å². The van der Waals surface area contributed by atoms with Crippen LogP contribution >= 0.6 is 11.3 Å². The number of rotatable bonds is 5. The summed E-state index contributed by atoms with van der Waals surface area (Å²) in [4.78, 5) is 28.8. The highest BCUT2D eigenvalue weighted by Crippen LogP contribution is 2.30. The highest BCUT2D eigenvalue weighted by atomic mass is 32.1. The van der Waals surface area contributed by atoms with Gasteiger partial charge in [-0.25, -0.2) is 0 Å². The van der Waals surface area contributed by atoms with Crippen molar-refractivity contribution in [1.82, 2.24) is 10.2 Å². The lowest BCUT2D eigenvalue weighted by Gasteiger charge is -2.24. The first kappa shape index (κ1) is 20.2. The second-order valence-corrected chi connectivity index (χ2v) is 8.26. The van der Waals surface area contributed by atoms with Crippen molar-refractivity contribution in [2.75, 3.05) is 26.7 Å². The average Bonchev–Trinajstić information content (AvgIpc) is 3.26. The molecule has 2 heterocycles. The summed E-state index contributed by atoms with van der Waals surface area (Å²) in [5.74, 6) is 0.258. The smallest absolute Gasteiger partial charge is 0.254 e. The van der Waals surface area contributed by atoms with Crippen LogP contribution in [0.2, 0.25) is 0 Å². The van der Waals surface area contributed by atoms with Crippen molar-refractivity contribution in [3.05, 3.63) is 77.2 Å². The molecule has 1 saturated heterocycles. The normalized spacial score (nSPS) is 16.6. The molecule has 1 atom stereocenters. The van der Waals surface area contributed by atoms with Gasteiger partial charge in [-0.2, -0.15) is 0 Å². The van der Waals surface area contributed by atoms with Gasteiger partial charge >= 0.3 is 0 Å². The first-order chi connectivity index (χ1) is 14.7. The summed E-state index contributed by atoms with van der Waals surface area (Å²) >= 11 is 1.69. The van der Waals surface area contributed by atoms with E-state index in [0.29, 0.717) is 37.4 Å². The van der Waals surface area contributed by atoms with Crippen LogP contribution in [0.25, 0.3) is 10.4 Å². The number of hydrogen-bond donors (Lipinski definition) is 1. The maximum Gasteiger partial charge on any atom is 0.254 e. The lowest BCUT2D eigenvalue weighted by molar-refractivity contribution is -0.124. The Bertz CT molecular complexity index is 1030. The third-order valence-electron chi connectivity index (χ3n) is 5.37. The summed E-state index contributed by atoms with van der Waals surface area (Å²) in [6, 6.07) is 19.5. The number of amides is 2. The lowest BCUT2D eigenvalue weighted by Crippen LogP contribution is -2.37. The second kappa shape index (κ2) is 9.13. The maximum absolute atomic E-state index is 13.1. The van der Waals surface area contributed by atoms with Gasteiger partial charge in [0.2, 0.25) is 5.91 Å². The Hall–Kier alpha value is -3.12. The maximum atomic E-state index is 13.1. The average molecular weight is 421 g/mol. The van der Waals surface area contributed by atoms with Crippen molar-refractivity contribution < 1.29 is 14.3 Å². The van der Waals surface area contributed by atoms with Crippen LogP contribution in [0.15, 0.2) is 66.0 Å². The van der Waals surface area contributed by atoms with E-state index in [0.717, 1.165) is 11.1 Å². The Labute approximate surface area is 180 Å². The summed E-state index contributed by atoms with van der Waals surface area (Å²) in [6.07, 6.45) is 0.585. The molecule has 0 radical (unpaired) electrons. The summed E-state index contributed by atoms with van der Waals surface area (Å²) in [7, 11) is 1.58. The van der Waals surface area contributed by atoms with Crippen molar-refractivity contribution in [1.29, 1.82) is 0 Å². The molecule has 1 aromatic heterocycles. The van der Waals surface area contributed by atoms with Gasteiger partial charge in [0.05, 0.1) is 13.0 Å². The number of hydrogen-bond acceptors (Lipinski definition) is 4. The molecule has 1 aliphatic rings. The monoisotopic (exact) mass is 420 g/mol. The van der Waals surface area contributed by atoms with Gasteiger partial charge in [-0.15, -0.1) is 11.3 Å². The van der Waals surface area contributed by atoms with Crippen LogP contribution in [0.4, 0.5) is 0 Å². The van der Waals surface area contributed by atoms with Crippen LogP contribution in [-0.2, 0) is 11.2 Å². The van der Waals surface area contributed by atoms with Crippen LogP contribution in [0.5, 0.6) is 5.75 Å². The second-order valence-electron chi connectivity index (χ2n) is 7.31. The highest BCUT2D eigenvalue weighted by Gasteiger charge is 2.29. The fourth-order valence-electron chi connectivity index (χ4n) is 3.81. The lowest BCUT2D eigenvalue weighted by atomic mass is 9.94. The molecule has 2 amide bonds. The van der Waals surface area contributed by atoms with Crippen LogP contribution in [0, 0.1) is 5.92 Å². The van der Waals surface area contributed by atoms with E-state index in [-0.39, 0.29) is 17.7 Å². The zero-order valence-corrected chi connectivity index (χ0v) is 17.7. The molecule has 0 saturated carbocycles. The molecule has 6 heteroatoms. The van der Waals surface area contributed by atoms with Crippen molar-refractivity contribution in [3.8, 4) is 16.2 Å². The van der Waals surface area contributed by atoms with Crippen molar-refractivity contribution >= 4 is 23.2 Å². The molecular formula is C24H24N2O3S. The van der Waals surface area contributed by atoms with Crippen molar-refractivity contribution in [2.45, 2.75) is 6.42 Å². The zero-order valence-electron chi connectivity index (χ0n) is 16.8. The number of thiophene rings is 1. The molecule has 4 rings (SSSR count). The number of methoxy groups -OCH3 is 1. The van der Waals surface area contributed by atoms with E-state index in [4.69, 9.17) is 4.74 Å². The Morgan fingerprint density at radius 3 is 2.83 bits per heavy atom. The molecule has 0 spiro atoms. The molecule has 1 aliphatic heterocycles. The summed E-state index contributed by atoms with van der Waals surface area (Å²) in [5, 5.41) is 5.03. The van der Waals surface area contributed by atoms with Gasteiger partial charge < -0.3 is 15.0 Å². The van der Waals surface area contributed by atoms with Gasteiger partial charge in [-0.1, -0.05) is 36.4 Å². The number of benzene rings is 2. The molecule has 5 nitrogen and oxygen atoms in total. The fraction of sp³-hybridized carbons (Fsp3) is 0.250. The van der Waals surface area contributed by atoms with Crippen molar-refractivity contribution in [2.24, 2.45) is 5.92 Å². The third-order valence-corrected chi connectivity index (χ3v) is 6.27. The molecule has 154 valence electrons. The van der Waals surface area contributed by atoms with Gasteiger partial charge in [0, 0.05) is 30.1 Å². The number of nitrogens with one attached hydrogen (secondary N) is 1. The first-order valence-corrected chi connectivity index (χ1v) is 10.9. The Kier molecular flexibility index (Phi) is 6.14. The molecule has 3 aromatic rings. The fourth-order valence-corrected chi connectivity index (χ4v) is 4.60. The van der Waals surface area contributed by atoms with Crippen LogP contribution in [-0.4, -0.2) is 43.5 Å². The van der Waals surface area contributed by atoms with E-state index in [1.165, 1.54) is 4.88 Å². The number of carbonyl (C=O) groups excluding carboxylic acids is 2. The Balaban J connectivity index is 1.56. The van der Waals surface area contributed by atoms with E-state index in [9.17, 15) is 9.59 Å². The quantitative estimate of drug-likeness (QED) is 0.682. The topological polar surface area (TPSA) is 58.6 Å². The van der Waals surface area contributed by atoms with E-state index in [2.05, 4.69) is 28.9 Å². The number of ether oxygens (including phenoxy) is 1. The largest absolute Gasteiger partial charge is 0.497 e. The van der Waals surface area contributed by atoms with Gasteiger partial charge in [-0.05, 0) is 47.2 Å². The molecule has 30 heavy (non-hydrogen) atoms. The van der Waals surface area contributed by atoms with Gasteiger partial charge in [-0.3, -0.25) is 9.59 Å². The van der Waals surface area contributed by atoms with Gasteiger partial charge in [0.15, 0.2) is 0 Å². The van der Waals surface area contributed by atoms with E-state index >= 15 is 0 Å². The molecule has 2 aromatic carbocycles. The summed E-state index contributed by atoms with van der Waals surface area (Å²) < 4.78 is 5.25. The van der Waals surface area contributed by atoms with Gasteiger partial charge in [0.1, 0.15) is 5.75 Å². The van der Waals surface area contributed by atoms with Crippen LogP contribution in [0.1, 0.15) is 15.9 Å². The van der Waals surface area contributed by atoms with Crippen LogP contribution in [0.3, 0.4) is 0 Å². The molecular weight excluding hydrogens is 396 g/mol. The number of nitrogens with zero attached hydrogens (tertiary/aromatic N) is 1.